The van der Waals surface area contributed by atoms with E-state index in [1.807, 2.05) is 0 Å². The number of hydrogen-bond acceptors (Lipinski definition) is 4. The van der Waals surface area contributed by atoms with Crippen LogP contribution in [0, 0.1) is 0 Å². The van der Waals surface area contributed by atoms with E-state index >= 15 is 0 Å². The number of H-pyrrole nitrogens is 4. The van der Waals surface area contributed by atoms with E-state index in [-0.39, 0.29) is 0 Å². The maximum atomic E-state index is 6.23. The van der Waals surface area contributed by atoms with Crippen LogP contribution in [0.25, 0.3) is 190 Å². The van der Waals surface area contributed by atoms with Crippen molar-refractivity contribution in [2.75, 3.05) is 0 Å². The highest BCUT2D eigenvalue weighted by Gasteiger charge is 2.28. The Morgan fingerprint density at radius 1 is 0.217 bits per heavy atom. The molecule has 18 rings (SSSR count). The van der Waals surface area contributed by atoms with Crippen LogP contribution in [0.15, 0.2) is 206 Å². The highest BCUT2D eigenvalue weighted by atomic mass is 14.8. The molecule has 0 saturated carbocycles. The first-order valence-corrected chi connectivity index (χ1v) is 46.3. The van der Waals surface area contributed by atoms with E-state index in [1.54, 1.807) is 0 Å². The molecule has 0 atom stereocenters. The molecule has 8 heteroatoms. The zero-order valence-electron chi connectivity index (χ0n) is 71.4. The quantitative estimate of drug-likeness (QED) is 0.0289. The molecular formula is C112H118N8. The SMILES string of the molecule is CCCCCCCCCc1ccc(-c2c3nc(c(-c4ccccc4)c4ccc([nH]4)c(-c4ccc(CCCCCCCCC)cc4)c4cc5c6cc7nc6c6c8[nH]c(cc8c8cc2[nH]c8c6c5n4)c(-c2ccc(CCCCCCCCC)cc2)c2nc(c(-c4ccccc4)c4ccc([nH]4)c7-c4ccc(CCCCCCCCC)cc4)C=C2)C=C3)cc1. The van der Waals surface area contributed by atoms with E-state index in [1.165, 1.54) is 202 Å². The molecule has 0 fully saturated rings. The molecule has 4 N–H and O–H groups in total. The van der Waals surface area contributed by atoms with Crippen LogP contribution in [-0.2, 0) is 25.7 Å². The first-order chi connectivity index (χ1) is 59.4. The van der Waals surface area contributed by atoms with Gasteiger partial charge in [-0.05, 0) is 180 Å². The monoisotopic (exact) mass is 1570 g/mol. The van der Waals surface area contributed by atoms with Gasteiger partial charge in [0.2, 0.25) is 0 Å². The van der Waals surface area contributed by atoms with Gasteiger partial charge in [0.05, 0.1) is 55.9 Å². The van der Waals surface area contributed by atoms with Crippen molar-refractivity contribution in [3.05, 3.63) is 251 Å². The number of fused-ring (bicyclic) bond motifs is 14. The Balaban J connectivity index is 0.945. The zero-order chi connectivity index (χ0) is 81.1. The summed E-state index contributed by atoms with van der Waals surface area (Å²) in [4.78, 5) is 41.1. The molecule has 2 aliphatic heterocycles. The summed E-state index contributed by atoms with van der Waals surface area (Å²) in [5.41, 5.74) is 33.3. The van der Waals surface area contributed by atoms with Crippen LogP contribution >= 0.6 is 0 Å². The predicted octanol–water partition coefficient (Wildman–Crippen LogP) is 32.8. The largest absolute Gasteiger partial charge is 0.354 e. The Bertz CT molecular complexity index is 6090. The molecule has 16 aromatic rings. The van der Waals surface area contributed by atoms with Crippen LogP contribution in [0.1, 0.15) is 253 Å². The van der Waals surface area contributed by atoms with Crippen molar-refractivity contribution < 1.29 is 0 Å². The standard InChI is InChI=1S/C112H118N8/c1-5-9-13-17-21-25-31-39-75-47-55-81(56-48-75)103-93-67-63-89(113-93)101(79-43-35-29-36-44-79)90-64-68-94(114-90)105(83-59-51-77(52-60-83)41-33-27-23-19-15-11-7-3)99-73-87-88-74-100-106(84-61-53-78(54-62-84)42-34-28-24-20-16-12-8-4)96-70-66-92(116-96)102(80-45-37-30-38-46-80)91-65-69-95(115-91)104(82-57-49-76(50-58-82)40-32-26-22-18-14-10-6-2)98-72-86-85-71-97(103)117-109(85)107(111(87)119-99)108(110(86)118-98)112(88)120-100/h29-30,35-38,43-74,113,115,119-120H,5-28,31-34,39-42H2,1-4H3. The van der Waals surface area contributed by atoms with Crippen LogP contribution in [0.4, 0.5) is 0 Å². The van der Waals surface area contributed by atoms with Crippen molar-refractivity contribution in [1.82, 2.24) is 39.9 Å². The van der Waals surface area contributed by atoms with Gasteiger partial charge in [-0.3, -0.25) is 0 Å². The van der Waals surface area contributed by atoms with Gasteiger partial charge in [-0.2, -0.15) is 0 Å². The molecule has 8 aromatic heterocycles. The normalized spacial score (nSPS) is 12.3. The highest BCUT2D eigenvalue weighted by Crippen LogP contribution is 2.49. The Labute approximate surface area is 709 Å². The first kappa shape index (κ1) is 79.6. The van der Waals surface area contributed by atoms with Crippen molar-refractivity contribution in [2.45, 2.75) is 233 Å². The predicted molar refractivity (Wildman–Crippen MR) is 516 cm³/mol. The van der Waals surface area contributed by atoms with Crippen LogP contribution in [-0.4, -0.2) is 39.9 Å². The molecule has 120 heavy (non-hydrogen) atoms. The first-order valence-electron chi connectivity index (χ1n) is 46.3. The van der Waals surface area contributed by atoms with Gasteiger partial charge >= 0.3 is 0 Å². The molecule has 0 unspecified atom stereocenters. The lowest BCUT2D eigenvalue weighted by molar-refractivity contribution is 0.589. The van der Waals surface area contributed by atoms with Crippen LogP contribution in [0.2, 0.25) is 0 Å². The van der Waals surface area contributed by atoms with Gasteiger partial charge in [0.15, 0.2) is 0 Å². The average molecular weight is 1580 g/mol. The minimum absolute atomic E-state index is 0.887. The fourth-order valence-electron chi connectivity index (χ4n) is 19.6. The van der Waals surface area contributed by atoms with Crippen LogP contribution in [0.5, 0.6) is 0 Å². The van der Waals surface area contributed by atoms with Crippen molar-refractivity contribution in [3.8, 4) is 66.8 Å². The number of nitrogens with one attached hydrogen (secondary N) is 4. The number of nitrogens with zero attached hydrogens (tertiary/aromatic N) is 4. The lowest BCUT2D eigenvalue weighted by Gasteiger charge is -2.08. The smallest absolute Gasteiger partial charge is 0.0818 e. The summed E-state index contributed by atoms with van der Waals surface area (Å²) in [6, 6.07) is 78.3. The molecule has 0 spiro atoms. The fourth-order valence-corrected chi connectivity index (χ4v) is 19.6. The Kier molecular flexibility index (Phi) is 24.8. The maximum Gasteiger partial charge on any atom is 0.0818 e. The topological polar surface area (TPSA) is 115 Å². The summed E-state index contributed by atoms with van der Waals surface area (Å²) < 4.78 is 0. The average Bonchev–Trinajstić information content (AvgIpc) is 1.66. The molecule has 0 aliphatic carbocycles. The molecular weight excluding hydrogens is 1460 g/mol. The molecule has 0 radical (unpaired) electrons. The molecule has 8 nitrogen and oxygen atoms in total. The number of benzene rings is 8. The molecule has 16 bridgehead atoms. The number of aromatic nitrogens is 8. The third-order valence-corrected chi connectivity index (χ3v) is 26.2. The third-order valence-electron chi connectivity index (χ3n) is 26.2. The maximum absolute atomic E-state index is 6.23. The summed E-state index contributed by atoms with van der Waals surface area (Å²) >= 11 is 0. The third kappa shape index (κ3) is 17.0. The van der Waals surface area contributed by atoms with Gasteiger partial charge in [-0.25, -0.2) is 19.9 Å². The van der Waals surface area contributed by atoms with E-state index in [0.29, 0.717) is 0 Å². The summed E-state index contributed by atoms with van der Waals surface area (Å²) in [5, 5.41) is 6.30. The fraction of sp³-hybridized carbons (Fsp3) is 0.321. The van der Waals surface area contributed by atoms with Gasteiger partial charge < -0.3 is 19.9 Å². The molecule has 10 heterocycles. The van der Waals surface area contributed by atoms with Crippen molar-refractivity contribution in [2.24, 2.45) is 0 Å². The Hall–Kier alpha value is -11.5. The van der Waals surface area contributed by atoms with E-state index in [9.17, 15) is 0 Å². The molecule has 8 aromatic carbocycles. The number of aryl methyl sites for hydroxylation is 4. The molecule has 2 aliphatic rings. The van der Waals surface area contributed by atoms with Crippen LogP contribution < -0.4 is 0 Å². The lowest BCUT2D eigenvalue weighted by atomic mass is 9.97. The second kappa shape index (κ2) is 37.4. The van der Waals surface area contributed by atoms with E-state index in [0.717, 1.165) is 214 Å². The number of rotatable bonds is 38. The second-order valence-corrected chi connectivity index (χ2v) is 34.8. The summed E-state index contributed by atoms with van der Waals surface area (Å²) in [5.74, 6) is 0. The van der Waals surface area contributed by atoms with Crippen molar-refractivity contribution >= 4 is 123 Å². The summed E-state index contributed by atoms with van der Waals surface area (Å²) in [6.07, 6.45) is 49.0. The molecule has 0 amide bonds. The van der Waals surface area contributed by atoms with Gasteiger partial charge in [0.1, 0.15) is 0 Å². The van der Waals surface area contributed by atoms with Gasteiger partial charge in [-0.15, -0.1) is 0 Å². The Morgan fingerprint density at radius 3 is 0.775 bits per heavy atom. The summed E-state index contributed by atoms with van der Waals surface area (Å²) in [7, 11) is 0. The van der Waals surface area contributed by atoms with Gasteiger partial charge in [0.25, 0.3) is 0 Å². The number of hydrogen-bond donors (Lipinski definition) is 4. The number of unbranched alkanes of at least 4 members (excludes halogenated alkanes) is 24. The molecule has 606 valence electrons. The van der Waals surface area contributed by atoms with Gasteiger partial charge in [-0.1, -0.05) is 340 Å². The number of aromatic amines is 4. The minimum Gasteiger partial charge on any atom is -0.354 e. The van der Waals surface area contributed by atoms with Gasteiger partial charge in [0, 0.05) is 98.8 Å². The summed E-state index contributed by atoms with van der Waals surface area (Å²) in [6.45, 7) is 9.21. The van der Waals surface area contributed by atoms with E-state index in [2.05, 4.69) is 278 Å². The second-order valence-electron chi connectivity index (χ2n) is 34.8. The van der Waals surface area contributed by atoms with Crippen molar-refractivity contribution in [1.29, 1.82) is 0 Å². The molecule has 0 saturated heterocycles. The highest BCUT2D eigenvalue weighted by molar-refractivity contribution is 6.39. The zero-order valence-corrected chi connectivity index (χ0v) is 71.4. The lowest BCUT2D eigenvalue weighted by Crippen LogP contribution is -1.90. The Morgan fingerprint density at radius 2 is 0.475 bits per heavy atom. The van der Waals surface area contributed by atoms with E-state index in [4.69, 9.17) is 19.9 Å². The van der Waals surface area contributed by atoms with E-state index < -0.39 is 0 Å². The van der Waals surface area contributed by atoms with Crippen LogP contribution in [0.3, 0.4) is 0 Å². The van der Waals surface area contributed by atoms with Crippen molar-refractivity contribution in [3.63, 3.8) is 0 Å². The minimum atomic E-state index is 0.887.